The first-order chi connectivity index (χ1) is 9.88. The Morgan fingerprint density at radius 1 is 1.24 bits per heavy atom. The summed E-state index contributed by atoms with van der Waals surface area (Å²) in [5.41, 5.74) is -0.318. The predicted molar refractivity (Wildman–Crippen MR) is 71.3 cm³/mol. The fourth-order valence-corrected chi connectivity index (χ4v) is 1.84. The van der Waals surface area contributed by atoms with Crippen LogP contribution in [0.3, 0.4) is 0 Å². The third-order valence-corrected chi connectivity index (χ3v) is 2.74. The van der Waals surface area contributed by atoms with Gasteiger partial charge in [0.2, 0.25) is 0 Å². The minimum Gasteiger partial charge on any atom is -0.478 e. The van der Waals surface area contributed by atoms with Crippen molar-refractivity contribution < 1.29 is 23.1 Å². The number of pyridine rings is 1. The second kappa shape index (κ2) is 5.78. The van der Waals surface area contributed by atoms with E-state index in [-0.39, 0.29) is 11.1 Å². The highest BCUT2D eigenvalue weighted by molar-refractivity contribution is 5.85. The number of carboxylic acids is 1. The molecule has 0 amide bonds. The van der Waals surface area contributed by atoms with Crippen molar-refractivity contribution in [1.29, 1.82) is 0 Å². The van der Waals surface area contributed by atoms with Gasteiger partial charge in [-0.25, -0.2) is 4.79 Å². The van der Waals surface area contributed by atoms with Crippen molar-refractivity contribution in [3.63, 3.8) is 0 Å². The van der Waals surface area contributed by atoms with Crippen molar-refractivity contribution >= 4 is 12.0 Å². The molecule has 108 valence electrons. The normalized spacial score (nSPS) is 11.8. The summed E-state index contributed by atoms with van der Waals surface area (Å²) in [7, 11) is 0. The highest BCUT2D eigenvalue weighted by Gasteiger charge is 2.33. The zero-order valence-electron chi connectivity index (χ0n) is 10.6. The van der Waals surface area contributed by atoms with Crippen LogP contribution in [-0.2, 0) is 11.0 Å². The molecule has 0 radical (unpaired) electrons. The maximum absolute atomic E-state index is 13.2. The van der Waals surface area contributed by atoms with E-state index in [4.69, 9.17) is 5.11 Å². The number of rotatable bonds is 3. The standard InChI is InChI=1S/C15H10F3NO2/c16-15(17,18)13-8-10(4-6-14(20)21)3-5-12(13)11-2-1-7-19-9-11/h1-9H,(H,20,21). The van der Waals surface area contributed by atoms with Gasteiger partial charge in [-0.3, -0.25) is 4.98 Å². The first kappa shape index (κ1) is 14.8. The monoisotopic (exact) mass is 293 g/mol. The second-order valence-electron chi connectivity index (χ2n) is 4.22. The molecule has 0 atom stereocenters. The van der Waals surface area contributed by atoms with Crippen molar-refractivity contribution in [2.24, 2.45) is 0 Å². The van der Waals surface area contributed by atoms with Crippen LogP contribution < -0.4 is 0 Å². The van der Waals surface area contributed by atoms with E-state index in [1.807, 2.05) is 0 Å². The predicted octanol–water partition coefficient (Wildman–Crippen LogP) is 3.87. The van der Waals surface area contributed by atoms with Crippen LogP contribution in [0.2, 0.25) is 0 Å². The minimum absolute atomic E-state index is 0.00285. The number of aliphatic carboxylic acids is 1. The van der Waals surface area contributed by atoms with Crippen LogP contribution in [0.25, 0.3) is 17.2 Å². The van der Waals surface area contributed by atoms with E-state index in [1.54, 1.807) is 6.07 Å². The van der Waals surface area contributed by atoms with Gasteiger partial charge in [0, 0.05) is 24.0 Å². The third-order valence-electron chi connectivity index (χ3n) is 2.74. The number of hydrogen-bond donors (Lipinski definition) is 1. The molecule has 2 rings (SSSR count). The highest BCUT2D eigenvalue weighted by atomic mass is 19.4. The highest BCUT2D eigenvalue weighted by Crippen LogP contribution is 2.37. The Bertz CT molecular complexity index is 679. The van der Waals surface area contributed by atoms with Crippen molar-refractivity contribution in [2.75, 3.05) is 0 Å². The lowest BCUT2D eigenvalue weighted by molar-refractivity contribution is -0.137. The zero-order chi connectivity index (χ0) is 15.5. The summed E-state index contributed by atoms with van der Waals surface area (Å²) < 4.78 is 39.5. The van der Waals surface area contributed by atoms with Gasteiger partial charge < -0.3 is 5.11 Å². The first-order valence-electron chi connectivity index (χ1n) is 5.90. The number of nitrogens with zero attached hydrogens (tertiary/aromatic N) is 1. The van der Waals surface area contributed by atoms with E-state index in [0.29, 0.717) is 5.56 Å². The second-order valence-corrected chi connectivity index (χ2v) is 4.22. The maximum atomic E-state index is 13.2. The molecular weight excluding hydrogens is 283 g/mol. The smallest absolute Gasteiger partial charge is 0.417 e. The van der Waals surface area contributed by atoms with Crippen LogP contribution in [0.15, 0.2) is 48.8 Å². The average molecular weight is 293 g/mol. The van der Waals surface area contributed by atoms with Crippen LogP contribution in [0.1, 0.15) is 11.1 Å². The molecule has 0 unspecified atom stereocenters. The summed E-state index contributed by atoms with van der Waals surface area (Å²) in [4.78, 5) is 14.2. The molecule has 1 N–H and O–H groups in total. The van der Waals surface area contributed by atoms with Gasteiger partial charge in [-0.2, -0.15) is 13.2 Å². The average Bonchev–Trinajstić information content (AvgIpc) is 2.45. The SMILES string of the molecule is O=C(O)C=Cc1ccc(-c2cccnc2)c(C(F)(F)F)c1. The lowest BCUT2D eigenvalue weighted by Crippen LogP contribution is -2.07. The summed E-state index contributed by atoms with van der Waals surface area (Å²) in [5, 5.41) is 8.52. The van der Waals surface area contributed by atoms with Gasteiger partial charge in [0.15, 0.2) is 0 Å². The largest absolute Gasteiger partial charge is 0.478 e. The van der Waals surface area contributed by atoms with Gasteiger partial charge in [-0.05, 0) is 29.3 Å². The lowest BCUT2D eigenvalue weighted by Gasteiger charge is -2.13. The van der Waals surface area contributed by atoms with E-state index in [0.717, 1.165) is 18.2 Å². The minimum atomic E-state index is -4.54. The summed E-state index contributed by atoms with van der Waals surface area (Å²) >= 11 is 0. The van der Waals surface area contributed by atoms with Crippen LogP contribution in [0.4, 0.5) is 13.2 Å². The van der Waals surface area contributed by atoms with Crippen LogP contribution in [0.5, 0.6) is 0 Å². The Morgan fingerprint density at radius 2 is 2.00 bits per heavy atom. The third kappa shape index (κ3) is 3.68. The molecule has 0 aliphatic carbocycles. The number of aromatic nitrogens is 1. The Hall–Kier alpha value is -2.63. The van der Waals surface area contributed by atoms with Gasteiger partial charge >= 0.3 is 12.1 Å². The van der Waals surface area contributed by atoms with E-state index in [1.165, 1.54) is 30.6 Å². The molecule has 0 spiro atoms. The molecule has 2 aromatic rings. The Labute approximate surface area is 118 Å². The summed E-state index contributed by atoms with van der Waals surface area (Å²) in [6, 6.07) is 6.73. The number of benzene rings is 1. The van der Waals surface area contributed by atoms with Gasteiger partial charge in [0.1, 0.15) is 0 Å². The summed E-state index contributed by atoms with van der Waals surface area (Å²) in [5.74, 6) is -1.22. The number of halogens is 3. The topological polar surface area (TPSA) is 50.2 Å². The summed E-state index contributed by atoms with van der Waals surface area (Å²) in [6.07, 6.45) is 0.181. The van der Waals surface area contributed by atoms with Crippen LogP contribution >= 0.6 is 0 Å². The molecule has 3 nitrogen and oxygen atoms in total. The Kier molecular flexibility index (Phi) is 4.07. The van der Waals surface area contributed by atoms with Crippen molar-refractivity contribution in [2.45, 2.75) is 6.18 Å². The summed E-state index contributed by atoms with van der Waals surface area (Å²) in [6.45, 7) is 0. The molecule has 1 aromatic carbocycles. The molecule has 1 heterocycles. The quantitative estimate of drug-likeness (QED) is 0.874. The molecule has 6 heteroatoms. The van der Waals surface area contributed by atoms with Gasteiger partial charge in [0.05, 0.1) is 5.56 Å². The molecule has 0 aliphatic heterocycles. The molecule has 0 fully saturated rings. The number of carboxylic acid groups (broad SMARTS) is 1. The van der Waals surface area contributed by atoms with E-state index >= 15 is 0 Å². The number of hydrogen-bond acceptors (Lipinski definition) is 2. The first-order valence-corrected chi connectivity index (χ1v) is 5.90. The van der Waals surface area contributed by atoms with E-state index < -0.39 is 17.7 Å². The molecule has 0 bridgehead atoms. The van der Waals surface area contributed by atoms with Crippen molar-refractivity contribution in [3.05, 3.63) is 59.9 Å². The molecular formula is C15H10F3NO2. The van der Waals surface area contributed by atoms with Crippen molar-refractivity contribution in [3.8, 4) is 11.1 Å². The van der Waals surface area contributed by atoms with Gasteiger partial charge in [-0.1, -0.05) is 18.2 Å². The van der Waals surface area contributed by atoms with Crippen LogP contribution in [-0.4, -0.2) is 16.1 Å². The maximum Gasteiger partial charge on any atom is 0.417 e. The zero-order valence-corrected chi connectivity index (χ0v) is 10.6. The molecule has 0 saturated heterocycles. The van der Waals surface area contributed by atoms with E-state index in [2.05, 4.69) is 4.98 Å². The van der Waals surface area contributed by atoms with Crippen molar-refractivity contribution in [1.82, 2.24) is 4.98 Å². The van der Waals surface area contributed by atoms with E-state index in [9.17, 15) is 18.0 Å². The Balaban J connectivity index is 2.54. The number of alkyl halides is 3. The molecule has 0 aliphatic rings. The number of carbonyl (C=O) groups is 1. The molecule has 0 saturated carbocycles. The molecule has 21 heavy (non-hydrogen) atoms. The van der Waals surface area contributed by atoms with Gasteiger partial charge in [0.25, 0.3) is 0 Å². The van der Waals surface area contributed by atoms with Crippen LogP contribution in [0, 0.1) is 0 Å². The fraction of sp³-hybridized carbons (Fsp3) is 0.0667. The Morgan fingerprint density at radius 3 is 2.57 bits per heavy atom. The lowest BCUT2D eigenvalue weighted by atomic mass is 9.98. The fourth-order valence-electron chi connectivity index (χ4n) is 1.84. The molecule has 1 aromatic heterocycles. The van der Waals surface area contributed by atoms with Gasteiger partial charge in [-0.15, -0.1) is 0 Å².